The quantitative estimate of drug-likeness (QED) is 0.553. The fourth-order valence-electron chi connectivity index (χ4n) is 2.71. The van der Waals surface area contributed by atoms with Crippen LogP contribution in [0, 0.1) is 23.2 Å². The smallest absolute Gasteiger partial charge is 0.0300 e. The highest BCUT2D eigenvalue weighted by molar-refractivity contribution is 4.88. The summed E-state index contributed by atoms with van der Waals surface area (Å²) in [4.78, 5) is 0. The number of rotatable bonds is 1. The minimum atomic E-state index is 0.631. The second kappa shape index (κ2) is 3.40. The maximum Gasteiger partial charge on any atom is -0.0300 e. The van der Waals surface area contributed by atoms with E-state index in [1.807, 2.05) is 0 Å². The van der Waals surface area contributed by atoms with Crippen LogP contribution < -0.4 is 0 Å². The third-order valence-corrected chi connectivity index (χ3v) is 4.48. The van der Waals surface area contributed by atoms with Crippen LogP contribution >= 0.6 is 0 Å². The molecule has 72 valence electrons. The van der Waals surface area contributed by atoms with Gasteiger partial charge in [0.05, 0.1) is 0 Å². The van der Waals surface area contributed by atoms with E-state index in [9.17, 15) is 0 Å². The third-order valence-electron chi connectivity index (χ3n) is 4.48. The minimum absolute atomic E-state index is 0.631. The maximum atomic E-state index is 2.47. The molecule has 1 fully saturated rings. The Morgan fingerprint density at radius 2 is 1.75 bits per heavy atom. The van der Waals surface area contributed by atoms with E-state index >= 15 is 0 Å². The van der Waals surface area contributed by atoms with Gasteiger partial charge in [-0.3, -0.25) is 0 Å². The summed E-state index contributed by atoms with van der Waals surface area (Å²) in [7, 11) is 0. The van der Waals surface area contributed by atoms with E-state index in [0.717, 1.165) is 17.8 Å². The summed E-state index contributed by atoms with van der Waals surface area (Å²) in [6.45, 7) is 12.1. The summed E-state index contributed by atoms with van der Waals surface area (Å²) in [6.07, 6.45) is 4.22. The molecule has 1 saturated carbocycles. The predicted molar refractivity (Wildman–Crippen MR) is 55.1 cm³/mol. The molecule has 0 aromatic carbocycles. The highest BCUT2D eigenvalue weighted by Gasteiger charge is 2.37. The lowest BCUT2D eigenvalue weighted by atomic mass is 9.60. The third kappa shape index (κ3) is 1.67. The van der Waals surface area contributed by atoms with Gasteiger partial charge in [-0.15, -0.1) is 0 Å². The average Bonchev–Trinajstić information content (AvgIpc) is 2.01. The molecule has 1 aliphatic rings. The van der Waals surface area contributed by atoms with Gasteiger partial charge < -0.3 is 0 Å². The largest absolute Gasteiger partial charge is 0.0649 e. The minimum Gasteiger partial charge on any atom is -0.0649 e. The van der Waals surface area contributed by atoms with Gasteiger partial charge >= 0.3 is 0 Å². The molecule has 0 N–H and O–H groups in total. The van der Waals surface area contributed by atoms with Crippen LogP contribution in [-0.4, -0.2) is 0 Å². The van der Waals surface area contributed by atoms with Crippen molar-refractivity contribution in [3.05, 3.63) is 0 Å². The first-order chi connectivity index (χ1) is 5.49. The Morgan fingerprint density at radius 3 is 2.25 bits per heavy atom. The van der Waals surface area contributed by atoms with Gasteiger partial charge in [-0.25, -0.2) is 0 Å². The average molecular weight is 168 g/mol. The molecule has 0 nitrogen and oxygen atoms in total. The van der Waals surface area contributed by atoms with Gasteiger partial charge in [-0.2, -0.15) is 0 Å². The fourth-order valence-corrected chi connectivity index (χ4v) is 2.71. The van der Waals surface area contributed by atoms with Gasteiger partial charge in [0.2, 0.25) is 0 Å². The Balaban J connectivity index is 2.67. The monoisotopic (exact) mass is 168 g/mol. The number of hydrogen-bond donors (Lipinski definition) is 0. The zero-order valence-electron chi connectivity index (χ0n) is 9.35. The van der Waals surface area contributed by atoms with Crippen LogP contribution in [0.4, 0.5) is 0 Å². The normalized spacial score (nSPS) is 49.2. The van der Waals surface area contributed by atoms with Crippen molar-refractivity contribution in [3.8, 4) is 0 Å². The molecule has 0 heterocycles. The first-order valence-electron chi connectivity index (χ1n) is 5.49. The second-order valence-corrected chi connectivity index (χ2v) is 5.30. The molecule has 1 rings (SSSR count). The Hall–Kier alpha value is 0. The molecule has 0 aromatic heterocycles. The summed E-state index contributed by atoms with van der Waals surface area (Å²) < 4.78 is 0. The molecule has 0 saturated heterocycles. The van der Waals surface area contributed by atoms with Gasteiger partial charge in [-0.05, 0) is 36.0 Å². The van der Waals surface area contributed by atoms with Crippen LogP contribution in [0.25, 0.3) is 0 Å². The van der Waals surface area contributed by atoms with Crippen molar-refractivity contribution in [3.63, 3.8) is 0 Å². The highest BCUT2D eigenvalue weighted by Crippen LogP contribution is 2.47. The Bertz CT molecular complexity index is 150. The lowest BCUT2D eigenvalue weighted by Gasteiger charge is -2.45. The Kier molecular flexibility index (Phi) is 2.85. The molecule has 4 atom stereocenters. The standard InChI is InChI=1S/C12H24/c1-6-12(5)8-10(3)9(2)7-11(12)4/h9-11H,6-8H2,1-5H3/t9-,10+,11+,12+/m0/s1. The lowest BCUT2D eigenvalue weighted by Crippen LogP contribution is -2.35. The van der Waals surface area contributed by atoms with Crippen LogP contribution in [0.1, 0.15) is 53.9 Å². The maximum absolute atomic E-state index is 2.47. The summed E-state index contributed by atoms with van der Waals surface area (Å²) >= 11 is 0. The van der Waals surface area contributed by atoms with Gasteiger partial charge in [0.15, 0.2) is 0 Å². The van der Waals surface area contributed by atoms with Gasteiger partial charge in [0.25, 0.3) is 0 Å². The van der Waals surface area contributed by atoms with E-state index < -0.39 is 0 Å². The topological polar surface area (TPSA) is 0 Å². The zero-order chi connectivity index (χ0) is 9.35. The molecule has 0 unspecified atom stereocenters. The van der Waals surface area contributed by atoms with E-state index in [0.29, 0.717) is 5.41 Å². The van der Waals surface area contributed by atoms with Crippen LogP contribution in [-0.2, 0) is 0 Å². The van der Waals surface area contributed by atoms with Crippen molar-refractivity contribution >= 4 is 0 Å². The SMILES string of the molecule is CC[C@]1(C)C[C@@H](C)[C@@H](C)C[C@H]1C. The van der Waals surface area contributed by atoms with Crippen molar-refractivity contribution in [2.75, 3.05) is 0 Å². The van der Waals surface area contributed by atoms with Gasteiger partial charge in [0.1, 0.15) is 0 Å². The summed E-state index contributed by atoms with van der Waals surface area (Å²) in [5, 5.41) is 0. The van der Waals surface area contributed by atoms with Crippen LogP contribution in [0.2, 0.25) is 0 Å². The van der Waals surface area contributed by atoms with E-state index in [1.165, 1.54) is 19.3 Å². The zero-order valence-corrected chi connectivity index (χ0v) is 9.35. The molecule has 1 aliphatic carbocycles. The van der Waals surface area contributed by atoms with E-state index in [1.54, 1.807) is 0 Å². The van der Waals surface area contributed by atoms with Crippen molar-refractivity contribution in [2.24, 2.45) is 23.2 Å². The molecule has 0 spiro atoms. The molecular weight excluding hydrogens is 144 g/mol. The molecule has 0 aliphatic heterocycles. The van der Waals surface area contributed by atoms with Crippen LogP contribution in [0.5, 0.6) is 0 Å². The van der Waals surface area contributed by atoms with Crippen molar-refractivity contribution < 1.29 is 0 Å². The molecule has 0 amide bonds. The first-order valence-corrected chi connectivity index (χ1v) is 5.49. The molecule has 0 radical (unpaired) electrons. The molecule has 0 bridgehead atoms. The summed E-state index contributed by atoms with van der Waals surface area (Å²) in [5.41, 5.74) is 0.631. The van der Waals surface area contributed by atoms with E-state index in [4.69, 9.17) is 0 Å². The molecule has 12 heavy (non-hydrogen) atoms. The summed E-state index contributed by atoms with van der Waals surface area (Å²) in [6, 6.07) is 0. The molecule has 0 heteroatoms. The molecule has 0 aromatic rings. The number of hydrogen-bond acceptors (Lipinski definition) is 0. The van der Waals surface area contributed by atoms with Gasteiger partial charge in [-0.1, -0.05) is 41.0 Å². The fraction of sp³-hybridized carbons (Fsp3) is 1.00. The second-order valence-electron chi connectivity index (χ2n) is 5.30. The first kappa shape index (κ1) is 10.1. The Labute approximate surface area is 77.7 Å². The molecular formula is C12H24. The van der Waals surface area contributed by atoms with E-state index in [-0.39, 0.29) is 0 Å². The Morgan fingerprint density at radius 1 is 1.17 bits per heavy atom. The van der Waals surface area contributed by atoms with Gasteiger partial charge in [0, 0.05) is 0 Å². The van der Waals surface area contributed by atoms with E-state index in [2.05, 4.69) is 34.6 Å². The van der Waals surface area contributed by atoms with Crippen molar-refractivity contribution in [1.82, 2.24) is 0 Å². The highest BCUT2D eigenvalue weighted by atomic mass is 14.4. The van der Waals surface area contributed by atoms with Crippen LogP contribution in [0.3, 0.4) is 0 Å². The van der Waals surface area contributed by atoms with Crippen LogP contribution in [0.15, 0.2) is 0 Å². The predicted octanol–water partition coefficient (Wildman–Crippen LogP) is 4.10. The van der Waals surface area contributed by atoms with Crippen molar-refractivity contribution in [1.29, 1.82) is 0 Å². The lowest BCUT2D eigenvalue weighted by molar-refractivity contribution is 0.0531. The summed E-state index contributed by atoms with van der Waals surface area (Å²) in [5.74, 6) is 2.81. The van der Waals surface area contributed by atoms with Crippen molar-refractivity contribution in [2.45, 2.75) is 53.9 Å².